The Morgan fingerprint density at radius 2 is 1.43 bits per heavy atom. The van der Waals surface area contributed by atoms with Gasteiger partial charge in [-0.2, -0.15) is 0 Å². The van der Waals surface area contributed by atoms with Crippen LogP contribution < -0.4 is 0 Å². The molecular formula is C20H21N3. The predicted molar refractivity (Wildman–Crippen MR) is 99.8 cm³/mol. The molecule has 0 aliphatic carbocycles. The van der Waals surface area contributed by atoms with Crippen LogP contribution in [-0.4, -0.2) is 24.4 Å². The fourth-order valence-electron chi connectivity index (χ4n) is 2.15. The lowest BCUT2D eigenvalue weighted by molar-refractivity contribution is 0.921. The number of hydrogen-bond acceptors (Lipinski definition) is 1. The zero-order valence-corrected chi connectivity index (χ0v) is 13.6. The van der Waals surface area contributed by atoms with E-state index < -0.39 is 0 Å². The summed E-state index contributed by atoms with van der Waals surface area (Å²) >= 11 is 0. The molecule has 0 saturated heterocycles. The van der Waals surface area contributed by atoms with Crippen LogP contribution in [0.25, 0.3) is 0 Å². The van der Waals surface area contributed by atoms with E-state index in [2.05, 4.69) is 16.7 Å². The first-order valence-electron chi connectivity index (χ1n) is 7.61. The van der Waals surface area contributed by atoms with Crippen molar-refractivity contribution in [1.29, 1.82) is 0 Å². The monoisotopic (exact) mass is 303 g/mol. The van der Waals surface area contributed by atoms with Gasteiger partial charge >= 0.3 is 0 Å². The van der Waals surface area contributed by atoms with Crippen molar-refractivity contribution in [3.8, 4) is 0 Å². The maximum absolute atomic E-state index is 4.70. The SMILES string of the molecule is C=NC(=NC(=NC(C)C=CC)c1ccccc1)c1ccccc1. The second kappa shape index (κ2) is 8.59. The van der Waals surface area contributed by atoms with Crippen LogP contribution >= 0.6 is 0 Å². The third-order valence-corrected chi connectivity index (χ3v) is 3.22. The summed E-state index contributed by atoms with van der Waals surface area (Å²) in [5, 5.41) is 0. The van der Waals surface area contributed by atoms with Gasteiger partial charge in [-0.15, -0.1) is 0 Å². The van der Waals surface area contributed by atoms with E-state index in [1.165, 1.54) is 0 Å². The van der Waals surface area contributed by atoms with Gasteiger partial charge in [-0.05, 0) is 20.6 Å². The topological polar surface area (TPSA) is 37.1 Å². The summed E-state index contributed by atoms with van der Waals surface area (Å²) in [6.45, 7) is 7.66. The zero-order chi connectivity index (χ0) is 16.5. The van der Waals surface area contributed by atoms with Gasteiger partial charge < -0.3 is 0 Å². The summed E-state index contributed by atoms with van der Waals surface area (Å²) in [6, 6.07) is 19.8. The van der Waals surface area contributed by atoms with E-state index >= 15 is 0 Å². The van der Waals surface area contributed by atoms with Gasteiger partial charge in [0.25, 0.3) is 0 Å². The van der Waals surface area contributed by atoms with Crippen molar-refractivity contribution in [2.75, 3.05) is 0 Å². The molecule has 2 rings (SSSR count). The van der Waals surface area contributed by atoms with Crippen LogP contribution in [0.4, 0.5) is 0 Å². The van der Waals surface area contributed by atoms with E-state index in [9.17, 15) is 0 Å². The van der Waals surface area contributed by atoms with Gasteiger partial charge in [-0.25, -0.2) is 9.98 Å². The smallest absolute Gasteiger partial charge is 0.161 e. The Morgan fingerprint density at radius 1 is 0.913 bits per heavy atom. The Hall–Kier alpha value is -2.81. The molecule has 0 bridgehead atoms. The van der Waals surface area contributed by atoms with Crippen LogP contribution in [0.2, 0.25) is 0 Å². The summed E-state index contributed by atoms with van der Waals surface area (Å²) < 4.78 is 0. The molecule has 23 heavy (non-hydrogen) atoms. The van der Waals surface area contributed by atoms with Crippen molar-refractivity contribution in [2.45, 2.75) is 19.9 Å². The first-order chi connectivity index (χ1) is 11.2. The van der Waals surface area contributed by atoms with Crippen LogP contribution in [0.3, 0.4) is 0 Å². The van der Waals surface area contributed by atoms with Gasteiger partial charge in [-0.1, -0.05) is 72.8 Å². The van der Waals surface area contributed by atoms with Gasteiger partial charge in [-0.3, -0.25) is 4.99 Å². The second-order valence-electron chi connectivity index (χ2n) is 5.04. The number of allylic oxidation sites excluding steroid dienone is 1. The zero-order valence-electron chi connectivity index (χ0n) is 13.6. The van der Waals surface area contributed by atoms with E-state index in [0.717, 1.165) is 11.1 Å². The van der Waals surface area contributed by atoms with E-state index in [1.807, 2.05) is 86.7 Å². The Kier molecular flexibility index (Phi) is 6.18. The van der Waals surface area contributed by atoms with Crippen LogP contribution in [0, 0.1) is 0 Å². The molecule has 0 heterocycles. The van der Waals surface area contributed by atoms with E-state index in [-0.39, 0.29) is 6.04 Å². The predicted octanol–water partition coefficient (Wildman–Crippen LogP) is 4.55. The number of nitrogens with zero attached hydrogens (tertiary/aromatic N) is 3. The third-order valence-electron chi connectivity index (χ3n) is 3.22. The van der Waals surface area contributed by atoms with Gasteiger partial charge in [0.1, 0.15) is 0 Å². The highest BCUT2D eigenvalue weighted by Crippen LogP contribution is 2.09. The third kappa shape index (κ3) is 4.85. The summed E-state index contributed by atoms with van der Waals surface area (Å²) in [4.78, 5) is 13.4. The standard InChI is InChI=1S/C20H21N3/c1-4-11-16(2)22-20(18-14-9-6-10-15-18)23-19(21-3)17-12-7-5-8-13-17/h4-16H,3H2,1-2H3. The van der Waals surface area contributed by atoms with Crippen molar-refractivity contribution in [2.24, 2.45) is 15.0 Å². The van der Waals surface area contributed by atoms with Crippen LogP contribution in [0.15, 0.2) is 87.8 Å². The Morgan fingerprint density at radius 3 is 1.91 bits per heavy atom. The number of benzene rings is 2. The molecule has 0 spiro atoms. The first kappa shape index (κ1) is 16.6. The lowest BCUT2D eigenvalue weighted by atomic mass is 10.2. The first-order valence-corrected chi connectivity index (χ1v) is 7.61. The molecule has 0 N–H and O–H groups in total. The molecule has 3 nitrogen and oxygen atoms in total. The van der Waals surface area contributed by atoms with Crippen molar-refractivity contribution in [1.82, 2.24) is 0 Å². The molecule has 2 aromatic rings. The minimum atomic E-state index is 0.0424. The fourth-order valence-corrected chi connectivity index (χ4v) is 2.15. The molecule has 3 heteroatoms. The summed E-state index contributed by atoms with van der Waals surface area (Å²) in [6.07, 6.45) is 4.02. The highest BCUT2D eigenvalue weighted by Gasteiger charge is 2.07. The lowest BCUT2D eigenvalue weighted by Crippen LogP contribution is -2.07. The van der Waals surface area contributed by atoms with Crippen molar-refractivity contribution in [3.63, 3.8) is 0 Å². The summed E-state index contributed by atoms with van der Waals surface area (Å²) in [5.41, 5.74) is 1.88. The lowest BCUT2D eigenvalue weighted by Gasteiger charge is -2.07. The molecule has 0 amide bonds. The summed E-state index contributed by atoms with van der Waals surface area (Å²) in [5.74, 6) is 1.23. The second-order valence-corrected chi connectivity index (χ2v) is 5.04. The Labute approximate surface area is 137 Å². The van der Waals surface area contributed by atoms with Crippen LogP contribution in [-0.2, 0) is 0 Å². The Bertz CT molecular complexity index is 713. The normalized spacial score (nSPS) is 14.0. The maximum Gasteiger partial charge on any atom is 0.161 e. The molecule has 0 aliphatic heterocycles. The molecular weight excluding hydrogens is 282 g/mol. The highest BCUT2D eigenvalue weighted by molar-refractivity contribution is 6.12. The van der Waals surface area contributed by atoms with Crippen molar-refractivity contribution >= 4 is 18.4 Å². The minimum absolute atomic E-state index is 0.0424. The van der Waals surface area contributed by atoms with Crippen molar-refractivity contribution < 1.29 is 0 Å². The highest BCUT2D eigenvalue weighted by atomic mass is 15.0. The molecule has 0 radical (unpaired) electrons. The fraction of sp³-hybridized carbons (Fsp3) is 0.150. The molecule has 0 aliphatic rings. The average Bonchev–Trinajstić information content (AvgIpc) is 2.60. The van der Waals surface area contributed by atoms with Crippen LogP contribution in [0.1, 0.15) is 25.0 Å². The largest absolute Gasteiger partial charge is 0.259 e. The molecule has 116 valence electrons. The van der Waals surface area contributed by atoms with E-state index in [4.69, 9.17) is 4.99 Å². The van der Waals surface area contributed by atoms with Gasteiger partial charge in [0.15, 0.2) is 11.7 Å². The number of amidine groups is 2. The molecule has 2 aromatic carbocycles. The van der Waals surface area contributed by atoms with Crippen molar-refractivity contribution in [3.05, 3.63) is 83.9 Å². The van der Waals surface area contributed by atoms with E-state index in [1.54, 1.807) is 0 Å². The van der Waals surface area contributed by atoms with Gasteiger partial charge in [0, 0.05) is 11.1 Å². The van der Waals surface area contributed by atoms with Gasteiger partial charge in [0.05, 0.1) is 6.04 Å². The quantitative estimate of drug-likeness (QED) is 0.451. The Balaban J connectivity index is 2.49. The van der Waals surface area contributed by atoms with Gasteiger partial charge in [0.2, 0.25) is 0 Å². The summed E-state index contributed by atoms with van der Waals surface area (Å²) in [7, 11) is 0. The average molecular weight is 303 g/mol. The molecule has 0 fully saturated rings. The number of aliphatic imine (C=N–C) groups is 3. The number of hydrogen-bond donors (Lipinski definition) is 0. The molecule has 1 atom stereocenters. The van der Waals surface area contributed by atoms with Crippen LogP contribution in [0.5, 0.6) is 0 Å². The van der Waals surface area contributed by atoms with E-state index in [0.29, 0.717) is 11.7 Å². The molecule has 0 aromatic heterocycles. The molecule has 0 saturated carbocycles. The maximum atomic E-state index is 4.70. The minimum Gasteiger partial charge on any atom is -0.259 e. The molecule has 1 unspecified atom stereocenters. The number of rotatable bonds is 4.